The summed E-state index contributed by atoms with van der Waals surface area (Å²) < 4.78 is 26.0. The number of benzene rings is 1. The predicted octanol–water partition coefficient (Wildman–Crippen LogP) is 2.32. The van der Waals surface area contributed by atoms with Gasteiger partial charge in [0, 0.05) is 6.07 Å². The molecule has 17 heavy (non-hydrogen) atoms. The van der Waals surface area contributed by atoms with Crippen LogP contribution in [-0.2, 0) is 10.0 Å². The maximum atomic E-state index is 11.8. The molecule has 0 aromatic heterocycles. The van der Waals surface area contributed by atoms with E-state index in [1.165, 1.54) is 18.6 Å². The first-order valence-corrected chi connectivity index (χ1v) is 7.50. The summed E-state index contributed by atoms with van der Waals surface area (Å²) in [5, 5.41) is 9.24. The Morgan fingerprint density at radius 2 is 2.12 bits per heavy atom. The maximum absolute atomic E-state index is 11.8. The van der Waals surface area contributed by atoms with E-state index in [4.69, 9.17) is 0 Å². The van der Waals surface area contributed by atoms with Gasteiger partial charge >= 0.3 is 0 Å². The molecule has 94 valence electrons. The smallest absolute Gasteiger partial charge is 0.232 e. The van der Waals surface area contributed by atoms with Gasteiger partial charge < -0.3 is 5.11 Å². The van der Waals surface area contributed by atoms with E-state index in [1.807, 2.05) is 0 Å². The number of anilines is 1. The third kappa shape index (κ3) is 3.63. The summed E-state index contributed by atoms with van der Waals surface area (Å²) in [4.78, 5) is 0. The van der Waals surface area contributed by atoms with Gasteiger partial charge in [0.1, 0.15) is 5.75 Å². The van der Waals surface area contributed by atoms with Crippen LogP contribution >= 0.6 is 0 Å². The lowest BCUT2D eigenvalue weighted by Gasteiger charge is -2.24. The summed E-state index contributed by atoms with van der Waals surface area (Å²) in [6.07, 6.45) is 4.27. The highest BCUT2D eigenvalue weighted by Crippen LogP contribution is 2.29. The highest BCUT2D eigenvalue weighted by atomic mass is 32.2. The van der Waals surface area contributed by atoms with E-state index in [2.05, 4.69) is 4.72 Å². The molecule has 0 radical (unpaired) electrons. The highest BCUT2D eigenvalue weighted by molar-refractivity contribution is 7.92. The number of rotatable bonds is 5. The topological polar surface area (TPSA) is 66.4 Å². The Labute approximate surface area is 102 Å². The average molecular weight is 255 g/mol. The van der Waals surface area contributed by atoms with Crippen molar-refractivity contribution in [1.82, 2.24) is 0 Å². The van der Waals surface area contributed by atoms with Crippen LogP contribution in [-0.4, -0.2) is 19.3 Å². The predicted molar refractivity (Wildman–Crippen MR) is 67.5 cm³/mol. The molecule has 2 rings (SSSR count). The molecule has 1 aliphatic rings. The number of sulfonamides is 1. The van der Waals surface area contributed by atoms with Crippen molar-refractivity contribution >= 4 is 15.7 Å². The zero-order valence-corrected chi connectivity index (χ0v) is 10.4. The first kappa shape index (κ1) is 12.2. The molecule has 1 saturated carbocycles. The summed E-state index contributed by atoms with van der Waals surface area (Å²) in [6.45, 7) is 0. The largest absolute Gasteiger partial charge is 0.508 e. The van der Waals surface area contributed by atoms with Crippen molar-refractivity contribution in [1.29, 1.82) is 0 Å². The van der Waals surface area contributed by atoms with E-state index >= 15 is 0 Å². The van der Waals surface area contributed by atoms with E-state index in [0.717, 1.165) is 19.3 Å². The first-order valence-electron chi connectivity index (χ1n) is 5.85. The van der Waals surface area contributed by atoms with Crippen LogP contribution in [0.25, 0.3) is 0 Å². The molecule has 0 amide bonds. The van der Waals surface area contributed by atoms with Crippen LogP contribution in [0.3, 0.4) is 0 Å². The highest BCUT2D eigenvalue weighted by Gasteiger charge is 2.20. The molecule has 0 atom stereocenters. The Hall–Kier alpha value is -1.23. The summed E-state index contributed by atoms with van der Waals surface area (Å²) in [5.74, 6) is 0.799. The zero-order chi connectivity index (χ0) is 12.3. The van der Waals surface area contributed by atoms with Gasteiger partial charge in [-0.15, -0.1) is 0 Å². The molecule has 0 bridgehead atoms. The number of nitrogens with one attached hydrogen (secondary N) is 1. The van der Waals surface area contributed by atoms with Gasteiger partial charge in [0.15, 0.2) is 0 Å². The van der Waals surface area contributed by atoms with Crippen molar-refractivity contribution in [2.75, 3.05) is 10.5 Å². The van der Waals surface area contributed by atoms with Gasteiger partial charge in [0.25, 0.3) is 0 Å². The van der Waals surface area contributed by atoms with Crippen molar-refractivity contribution in [3.63, 3.8) is 0 Å². The number of aromatic hydroxyl groups is 1. The number of hydrogen-bond acceptors (Lipinski definition) is 3. The Morgan fingerprint density at radius 3 is 2.71 bits per heavy atom. The van der Waals surface area contributed by atoms with Crippen LogP contribution in [0.15, 0.2) is 24.3 Å². The normalized spacial score (nSPS) is 16.5. The van der Waals surface area contributed by atoms with Crippen molar-refractivity contribution in [3.8, 4) is 5.75 Å². The van der Waals surface area contributed by atoms with Crippen molar-refractivity contribution in [2.45, 2.75) is 25.7 Å². The third-order valence-corrected chi connectivity index (χ3v) is 4.46. The lowest BCUT2D eigenvalue weighted by molar-refractivity contribution is 0.307. The van der Waals surface area contributed by atoms with E-state index in [9.17, 15) is 13.5 Å². The van der Waals surface area contributed by atoms with Crippen LogP contribution in [0.1, 0.15) is 25.7 Å². The van der Waals surface area contributed by atoms with Crippen LogP contribution in [0, 0.1) is 5.92 Å². The minimum Gasteiger partial charge on any atom is -0.508 e. The van der Waals surface area contributed by atoms with Gasteiger partial charge in [0.05, 0.1) is 11.4 Å². The van der Waals surface area contributed by atoms with Gasteiger partial charge in [-0.05, 0) is 24.5 Å². The van der Waals surface area contributed by atoms with Gasteiger partial charge in [0.2, 0.25) is 10.0 Å². The molecule has 0 unspecified atom stereocenters. The van der Waals surface area contributed by atoms with E-state index in [1.54, 1.807) is 12.1 Å². The Bertz CT molecular complexity index is 480. The Kier molecular flexibility index (Phi) is 3.57. The van der Waals surface area contributed by atoms with Gasteiger partial charge in [-0.3, -0.25) is 4.72 Å². The van der Waals surface area contributed by atoms with Crippen LogP contribution in [0.2, 0.25) is 0 Å². The van der Waals surface area contributed by atoms with Crippen molar-refractivity contribution < 1.29 is 13.5 Å². The molecular formula is C12H17NO3S. The molecule has 1 aromatic rings. The Morgan fingerprint density at radius 1 is 1.35 bits per heavy atom. The minimum absolute atomic E-state index is 0.0594. The lowest BCUT2D eigenvalue weighted by atomic mass is 9.84. The van der Waals surface area contributed by atoms with Crippen molar-refractivity contribution in [3.05, 3.63) is 24.3 Å². The quantitative estimate of drug-likeness (QED) is 0.848. The molecule has 0 heterocycles. The molecule has 4 nitrogen and oxygen atoms in total. The molecule has 5 heteroatoms. The summed E-state index contributed by atoms with van der Waals surface area (Å²) in [7, 11) is -3.28. The van der Waals surface area contributed by atoms with E-state index < -0.39 is 10.0 Å². The number of hydrogen-bond donors (Lipinski definition) is 2. The van der Waals surface area contributed by atoms with Crippen LogP contribution in [0.4, 0.5) is 5.69 Å². The van der Waals surface area contributed by atoms with Gasteiger partial charge in [-0.25, -0.2) is 8.42 Å². The SMILES string of the molecule is O=S(=O)(CCC1CCC1)Nc1cccc(O)c1. The third-order valence-electron chi connectivity index (χ3n) is 3.14. The molecule has 0 spiro atoms. The zero-order valence-electron chi connectivity index (χ0n) is 9.59. The maximum Gasteiger partial charge on any atom is 0.232 e. The second-order valence-corrected chi connectivity index (χ2v) is 6.40. The average Bonchev–Trinajstić information content (AvgIpc) is 2.13. The minimum atomic E-state index is -3.28. The summed E-state index contributed by atoms with van der Waals surface area (Å²) in [6, 6.07) is 6.15. The fourth-order valence-corrected chi connectivity index (χ4v) is 3.14. The second kappa shape index (κ2) is 4.96. The molecule has 1 aromatic carbocycles. The molecular weight excluding hydrogens is 238 g/mol. The standard InChI is InChI=1S/C12H17NO3S/c14-12-6-2-5-11(9-12)13-17(15,16)8-7-10-3-1-4-10/h2,5-6,9-10,13-14H,1,3-4,7-8H2. The monoisotopic (exact) mass is 255 g/mol. The Balaban J connectivity index is 1.91. The van der Waals surface area contributed by atoms with Gasteiger partial charge in [-0.1, -0.05) is 25.3 Å². The van der Waals surface area contributed by atoms with E-state index in [-0.39, 0.29) is 11.5 Å². The van der Waals surface area contributed by atoms with Crippen LogP contribution in [0.5, 0.6) is 5.75 Å². The summed E-state index contributed by atoms with van der Waals surface area (Å²) >= 11 is 0. The fourth-order valence-electron chi connectivity index (χ4n) is 1.90. The molecule has 1 aliphatic carbocycles. The number of phenolic OH excluding ortho intramolecular Hbond substituents is 1. The lowest BCUT2D eigenvalue weighted by Crippen LogP contribution is -2.21. The molecule has 1 fully saturated rings. The van der Waals surface area contributed by atoms with Crippen LogP contribution < -0.4 is 4.72 Å². The van der Waals surface area contributed by atoms with E-state index in [0.29, 0.717) is 11.6 Å². The summed E-state index contributed by atoms with van der Waals surface area (Å²) in [5.41, 5.74) is 0.415. The first-order chi connectivity index (χ1) is 8.05. The fraction of sp³-hybridized carbons (Fsp3) is 0.500. The molecule has 2 N–H and O–H groups in total. The van der Waals surface area contributed by atoms with Crippen molar-refractivity contribution in [2.24, 2.45) is 5.92 Å². The number of phenols is 1. The van der Waals surface area contributed by atoms with Gasteiger partial charge in [-0.2, -0.15) is 0 Å². The molecule has 0 saturated heterocycles. The second-order valence-electron chi connectivity index (χ2n) is 4.56. The molecule has 0 aliphatic heterocycles.